The maximum Gasteiger partial charge on any atom is 0.0637 e. The highest BCUT2D eigenvalue weighted by molar-refractivity contribution is 5.15. The van der Waals surface area contributed by atoms with Crippen LogP contribution in [0, 0.1) is 0 Å². The zero-order valence-corrected chi connectivity index (χ0v) is 12.5. The van der Waals surface area contributed by atoms with Crippen LogP contribution in [0.1, 0.15) is 32.8 Å². The minimum atomic E-state index is -0.140. The van der Waals surface area contributed by atoms with Gasteiger partial charge in [-0.25, -0.2) is 0 Å². The summed E-state index contributed by atoms with van der Waals surface area (Å²) in [4.78, 5) is 0. The number of hydrogen-bond donors (Lipinski definition) is 2. The van der Waals surface area contributed by atoms with Crippen LogP contribution in [-0.2, 0) is 11.2 Å². The second-order valence-corrected chi connectivity index (χ2v) is 5.80. The lowest BCUT2D eigenvalue weighted by molar-refractivity contribution is 0.00701. The minimum Gasteiger partial charge on any atom is -0.395 e. The normalized spacial score (nSPS) is 15.2. The fourth-order valence-corrected chi connectivity index (χ4v) is 2.36. The van der Waals surface area contributed by atoms with Crippen molar-refractivity contribution in [1.29, 1.82) is 0 Å². The van der Waals surface area contributed by atoms with Crippen molar-refractivity contribution < 1.29 is 9.84 Å². The summed E-state index contributed by atoms with van der Waals surface area (Å²) in [6.45, 7) is 6.44. The molecule has 2 N–H and O–H groups in total. The molecular weight excluding hydrogens is 238 g/mol. The molecule has 2 atom stereocenters. The minimum absolute atomic E-state index is 0.0880. The molecule has 0 amide bonds. The van der Waals surface area contributed by atoms with Crippen molar-refractivity contribution in [2.24, 2.45) is 0 Å². The van der Waals surface area contributed by atoms with Crippen molar-refractivity contribution in [2.45, 2.75) is 51.3 Å². The van der Waals surface area contributed by atoms with Gasteiger partial charge in [-0.2, -0.15) is 0 Å². The number of aliphatic hydroxyl groups excluding tert-OH is 1. The fourth-order valence-electron chi connectivity index (χ4n) is 2.36. The average Bonchev–Trinajstić information content (AvgIpc) is 2.38. The zero-order valence-electron chi connectivity index (χ0n) is 12.5. The highest BCUT2D eigenvalue weighted by Gasteiger charge is 2.21. The Morgan fingerprint density at radius 3 is 2.42 bits per heavy atom. The number of hydrogen-bond acceptors (Lipinski definition) is 3. The second kappa shape index (κ2) is 7.63. The van der Waals surface area contributed by atoms with Gasteiger partial charge < -0.3 is 15.2 Å². The molecule has 0 aromatic heterocycles. The number of rotatable bonds is 8. The van der Waals surface area contributed by atoms with Crippen molar-refractivity contribution in [3.63, 3.8) is 0 Å². The Bertz CT molecular complexity index is 351. The molecule has 3 nitrogen and oxygen atoms in total. The summed E-state index contributed by atoms with van der Waals surface area (Å²) in [5.41, 5.74) is 1.10. The smallest absolute Gasteiger partial charge is 0.0637 e. The standard InChI is InChI=1S/C16H27NO2/c1-13(11-16(2,3)19-4)17-15(12-18)10-14-8-6-5-7-9-14/h5-9,13,15,17-18H,10-12H2,1-4H3/t13?,15-/m0/s1. The van der Waals surface area contributed by atoms with Gasteiger partial charge in [-0.05, 0) is 39.2 Å². The first-order chi connectivity index (χ1) is 8.96. The molecule has 0 aliphatic carbocycles. The van der Waals surface area contributed by atoms with E-state index in [4.69, 9.17) is 4.74 Å². The van der Waals surface area contributed by atoms with E-state index in [2.05, 4.69) is 38.2 Å². The summed E-state index contributed by atoms with van der Waals surface area (Å²) in [6.07, 6.45) is 1.75. The predicted octanol–water partition coefficient (Wildman–Crippen LogP) is 2.38. The summed E-state index contributed by atoms with van der Waals surface area (Å²) in [6, 6.07) is 10.6. The number of nitrogens with one attached hydrogen (secondary N) is 1. The first kappa shape index (κ1) is 16.2. The third-order valence-corrected chi connectivity index (χ3v) is 3.42. The van der Waals surface area contributed by atoms with Crippen LogP contribution in [0.4, 0.5) is 0 Å². The predicted molar refractivity (Wildman–Crippen MR) is 79.3 cm³/mol. The molecule has 108 valence electrons. The molecule has 0 saturated heterocycles. The summed E-state index contributed by atoms with van der Waals surface area (Å²) in [7, 11) is 1.74. The number of ether oxygens (including phenoxy) is 1. The topological polar surface area (TPSA) is 41.5 Å². The highest BCUT2D eigenvalue weighted by atomic mass is 16.5. The Kier molecular flexibility index (Phi) is 6.49. The van der Waals surface area contributed by atoms with E-state index < -0.39 is 0 Å². The lowest BCUT2D eigenvalue weighted by atomic mass is 9.98. The molecule has 0 aliphatic rings. The quantitative estimate of drug-likeness (QED) is 0.758. The molecule has 0 aliphatic heterocycles. The van der Waals surface area contributed by atoms with Crippen LogP contribution in [0.2, 0.25) is 0 Å². The summed E-state index contributed by atoms with van der Waals surface area (Å²) in [5.74, 6) is 0. The SMILES string of the molecule is COC(C)(C)CC(C)N[C@H](CO)Cc1ccccc1. The third-order valence-electron chi connectivity index (χ3n) is 3.42. The van der Waals surface area contributed by atoms with Gasteiger partial charge in [0.05, 0.1) is 12.2 Å². The fraction of sp³-hybridized carbons (Fsp3) is 0.625. The molecule has 19 heavy (non-hydrogen) atoms. The molecule has 1 aromatic carbocycles. The average molecular weight is 265 g/mol. The molecular formula is C16H27NO2. The van der Waals surface area contributed by atoms with Crippen LogP contribution in [0.25, 0.3) is 0 Å². The van der Waals surface area contributed by atoms with Crippen molar-refractivity contribution in [3.05, 3.63) is 35.9 Å². The van der Waals surface area contributed by atoms with E-state index in [1.165, 1.54) is 5.56 Å². The maximum atomic E-state index is 9.50. The zero-order chi connectivity index (χ0) is 14.3. The first-order valence-corrected chi connectivity index (χ1v) is 6.93. The van der Waals surface area contributed by atoms with Crippen LogP contribution in [0.3, 0.4) is 0 Å². The van der Waals surface area contributed by atoms with Gasteiger partial charge in [-0.3, -0.25) is 0 Å². The van der Waals surface area contributed by atoms with Crippen LogP contribution >= 0.6 is 0 Å². The van der Waals surface area contributed by atoms with Crippen LogP contribution in [0.15, 0.2) is 30.3 Å². The molecule has 3 heteroatoms. The molecule has 0 spiro atoms. The van der Waals surface area contributed by atoms with Crippen molar-refractivity contribution in [3.8, 4) is 0 Å². The van der Waals surface area contributed by atoms with Crippen molar-refractivity contribution in [2.75, 3.05) is 13.7 Å². The lowest BCUT2D eigenvalue weighted by Gasteiger charge is -2.29. The summed E-state index contributed by atoms with van der Waals surface area (Å²) >= 11 is 0. The Morgan fingerprint density at radius 2 is 1.89 bits per heavy atom. The molecule has 1 unspecified atom stereocenters. The molecule has 0 fully saturated rings. The first-order valence-electron chi connectivity index (χ1n) is 6.93. The maximum absolute atomic E-state index is 9.50. The molecule has 0 heterocycles. The highest BCUT2D eigenvalue weighted by Crippen LogP contribution is 2.16. The van der Waals surface area contributed by atoms with Crippen LogP contribution in [0.5, 0.6) is 0 Å². The number of methoxy groups -OCH3 is 1. The summed E-state index contributed by atoms with van der Waals surface area (Å²) < 4.78 is 5.44. The van der Waals surface area contributed by atoms with E-state index in [1.807, 2.05) is 18.2 Å². The van der Waals surface area contributed by atoms with Gasteiger partial charge in [0.15, 0.2) is 0 Å². The monoisotopic (exact) mass is 265 g/mol. The van der Waals surface area contributed by atoms with Crippen molar-refractivity contribution >= 4 is 0 Å². The molecule has 1 aromatic rings. The van der Waals surface area contributed by atoms with Gasteiger partial charge in [0.1, 0.15) is 0 Å². The Labute approximate surface area is 117 Å². The van der Waals surface area contributed by atoms with Gasteiger partial charge in [-0.15, -0.1) is 0 Å². The lowest BCUT2D eigenvalue weighted by Crippen LogP contribution is -2.44. The molecule has 1 rings (SSSR count). The number of benzene rings is 1. The van der Waals surface area contributed by atoms with Crippen molar-refractivity contribution in [1.82, 2.24) is 5.32 Å². The van der Waals surface area contributed by atoms with Crippen LogP contribution in [-0.4, -0.2) is 36.5 Å². The van der Waals surface area contributed by atoms with Gasteiger partial charge in [-0.1, -0.05) is 30.3 Å². The van der Waals surface area contributed by atoms with Gasteiger partial charge >= 0.3 is 0 Å². The van der Waals surface area contributed by atoms with E-state index in [0.717, 1.165) is 12.8 Å². The molecule has 0 saturated carbocycles. The largest absolute Gasteiger partial charge is 0.395 e. The van der Waals surface area contributed by atoms with Gasteiger partial charge in [0.25, 0.3) is 0 Å². The summed E-state index contributed by atoms with van der Waals surface area (Å²) in [5, 5.41) is 13.0. The third kappa shape index (κ3) is 6.19. The molecule has 0 radical (unpaired) electrons. The molecule has 0 bridgehead atoms. The van der Waals surface area contributed by atoms with E-state index in [9.17, 15) is 5.11 Å². The Hall–Kier alpha value is -0.900. The van der Waals surface area contributed by atoms with E-state index in [0.29, 0.717) is 6.04 Å². The Morgan fingerprint density at radius 1 is 1.26 bits per heavy atom. The second-order valence-electron chi connectivity index (χ2n) is 5.80. The van der Waals surface area contributed by atoms with E-state index in [-0.39, 0.29) is 18.2 Å². The van der Waals surface area contributed by atoms with Crippen LogP contribution < -0.4 is 5.32 Å². The van der Waals surface area contributed by atoms with Gasteiger partial charge in [0.2, 0.25) is 0 Å². The number of aliphatic hydroxyl groups is 1. The van der Waals surface area contributed by atoms with E-state index in [1.54, 1.807) is 7.11 Å². The van der Waals surface area contributed by atoms with E-state index >= 15 is 0 Å². The van der Waals surface area contributed by atoms with Gasteiger partial charge in [0, 0.05) is 19.2 Å². The Balaban J connectivity index is 2.48.